The third-order valence-corrected chi connectivity index (χ3v) is 7.53. The predicted molar refractivity (Wildman–Crippen MR) is 104 cm³/mol. The number of rotatable bonds is 4. The number of pyridine rings is 2. The van der Waals surface area contributed by atoms with Gasteiger partial charge in [0.1, 0.15) is 11.2 Å². The number of hydrogen-bond acceptors (Lipinski definition) is 5. The van der Waals surface area contributed by atoms with Gasteiger partial charge in [-0.3, -0.25) is 0 Å². The highest BCUT2D eigenvalue weighted by Gasteiger charge is 2.33. The largest absolute Gasteiger partial charge is 0.264 e. The van der Waals surface area contributed by atoms with Gasteiger partial charge in [-0.25, -0.2) is 31.2 Å². The molecule has 4 aromatic heterocycles. The van der Waals surface area contributed by atoms with Crippen LogP contribution in [0.15, 0.2) is 54.1 Å². The summed E-state index contributed by atoms with van der Waals surface area (Å²) in [5.74, 6) is -0.182. The van der Waals surface area contributed by atoms with Gasteiger partial charge in [0.05, 0.1) is 11.7 Å². The van der Waals surface area contributed by atoms with Gasteiger partial charge in [0.15, 0.2) is 5.65 Å². The van der Waals surface area contributed by atoms with Crippen LogP contribution in [0.1, 0.15) is 36.3 Å². The zero-order valence-electron chi connectivity index (χ0n) is 15.8. The number of aromatic nitrogens is 5. The predicted octanol–water partition coefficient (Wildman–Crippen LogP) is 2.88. The normalized spacial score (nSPS) is 16.8. The molecule has 5 rings (SSSR count). The van der Waals surface area contributed by atoms with E-state index in [1.54, 1.807) is 30.6 Å². The fourth-order valence-electron chi connectivity index (χ4n) is 4.08. The Labute approximate surface area is 170 Å². The second-order valence-corrected chi connectivity index (χ2v) is 9.17. The maximum Gasteiger partial charge on any atom is 0.264 e. The zero-order chi connectivity index (χ0) is 20.9. The van der Waals surface area contributed by atoms with Gasteiger partial charge in [0.2, 0.25) is 10.0 Å². The third-order valence-electron chi connectivity index (χ3n) is 5.62. The van der Waals surface area contributed by atoms with Crippen molar-refractivity contribution in [2.24, 2.45) is 0 Å². The fraction of sp³-hybridized carbons (Fsp3) is 0.316. The van der Waals surface area contributed by atoms with E-state index in [-0.39, 0.29) is 29.5 Å². The molecule has 1 aliphatic heterocycles. The van der Waals surface area contributed by atoms with Gasteiger partial charge in [0.25, 0.3) is 6.43 Å². The van der Waals surface area contributed by atoms with Gasteiger partial charge in [-0.05, 0) is 42.5 Å². The molecule has 0 aromatic carbocycles. The van der Waals surface area contributed by atoms with Crippen LogP contribution in [-0.4, -0.2) is 50.0 Å². The maximum atomic E-state index is 13.6. The summed E-state index contributed by atoms with van der Waals surface area (Å²) < 4.78 is 58.0. The Hall–Kier alpha value is -2.92. The minimum absolute atomic E-state index is 0.0700. The van der Waals surface area contributed by atoms with Crippen molar-refractivity contribution in [3.8, 4) is 0 Å². The van der Waals surface area contributed by atoms with Gasteiger partial charge in [-0.2, -0.15) is 14.5 Å². The monoisotopic (exact) mass is 432 g/mol. The van der Waals surface area contributed by atoms with Gasteiger partial charge in [-0.1, -0.05) is 6.07 Å². The maximum absolute atomic E-state index is 13.6. The number of fused-ring (bicyclic) bond motifs is 2. The van der Waals surface area contributed by atoms with Crippen LogP contribution >= 0.6 is 0 Å². The highest BCUT2D eigenvalue weighted by atomic mass is 32.2. The Bertz CT molecular complexity index is 1330. The first-order chi connectivity index (χ1) is 14.4. The van der Waals surface area contributed by atoms with Crippen molar-refractivity contribution in [2.75, 3.05) is 13.1 Å². The summed E-state index contributed by atoms with van der Waals surface area (Å²) in [6, 6.07) is 6.59. The molecule has 1 saturated heterocycles. The first-order valence-electron chi connectivity index (χ1n) is 9.49. The Morgan fingerprint density at radius 2 is 1.90 bits per heavy atom. The summed E-state index contributed by atoms with van der Waals surface area (Å²) in [6.07, 6.45) is 4.19. The molecule has 0 saturated carbocycles. The molecular weight excluding hydrogens is 414 g/mol. The SMILES string of the molecule is O=S(=O)(c1cnn2ccccc12)N1CCC(c2cn3ncnc3cc2C(F)F)CC1. The van der Waals surface area contributed by atoms with Gasteiger partial charge < -0.3 is 0 Å². The summed E-state index contributed by atoms with van der Waals surface area (Å²) in [5.41, 5.74) is 1.30. The van der Waals surface area contributed by atoms with Crippen LogP contribution in [0.25, 0.3) is 11.2 Å². The minimum atomic E-state index is -3.73. The topological polar surface area (TPSA) is 84.9 Å². The second kappa shape index (κ2) is 7.10. The quantitative estimate of drug-likeness (QED) is 0.495. The number of halogens is 2. The Kier molecular flexibility index (Phi) is 4.51. The van der Waals surface area contributed by atoms with Crippen molar-refractivity contribution >= 4 is 21.2 Å². The number of sulfonamides is 1. The first-order valence-corrected chi connectivity index (χ1v) is 10.9. The van der Waals surface area contributed by atoms with Gasteiger partial charge in [-0.15, -0.1) is 0 Å². The van der Waals surface area contributed by atoms with Gasteiger partial charge >= 0.3 is 0 Å². The van der Waals surface area contributed by atoms with E-state index >= 15 is 0 Å². The molecule has 0 radical (unpaired) electrons. The van der Waals surface area contributed by atoms with Crippen LogP contribution < -0.4 is 0 Å². The highest BCUT2D eigenvalue weighted by molar-refractivity contribution is 7.89. The van der Waals surface area contributed by atoms with Crippen LogP contribution in [0.5, 0.6) is 0 Å². The standard InChI is InChI=1S/C19H18F2N6O2S/c20-19(21)14-9-18-22-12-24-27(18)11-15(14)13-4-7-25(8-5-13)30(28,29)17-10-23-26-6-2-1-3-16(17)26/h1-3,6,9-13,19H,4-5,7-8H2. The molecule has 11 heteroatoms. The molecule has 0 atom stereocenters. The summed E-state index contributed by atoms with van der Waals surface area (Å²) in [5, 5.41) is 8.15. The van der Waals surface area contributed by atoms with Crippen molar-refractivity contribution < 1.29 is 17.2 Å². The van der Waals surface area contributed by atoms with E-state index in [1.165, 1.54) is 31.9 Å². The number of nitrogens with zero attached hydrogens (tertiary/aromatic N) is 6. The molecule has 0 amide bonds. The molecule has 1 fully saturated rings. The van der Waals surface area contributed by atoms with E-state index in [1.807, 2.05) is 0 Å². The van der Waals surface area contributed by atoms with Crippen LogP contribution in [0.3, 0.4) is 0 Å². The van der Waals surface area contributed by atoms with E-state index in [0.717, 1.165) is 0 Å². The average molecular weight is 432 g/mol. The molecule has 156 valence electrons. The lowest BCUT2D eigenvalue weighted by molar-refractivity contribution is 0.149. The van der Waals surface area contributed by atoms with Gasteiger partial charge in [0, 0.05) is 31.0 Å². The van der Waals surface area contributed by atoms with E-state index in [4.69, 9.17) is 0 Å². The van der Waals surface area contributed by atoms with Crippen molar-refractivity contribution in [1.29, 1.82) is 0 Å². The van der Waals surface area contributed by atoms with Crippen LogP contribution in [-0.2, 0) is 10.0 Å². The molecule has 0 N–H and O–H groups in total. The number of alkyl halides is 2. The van der Waals surface area contributed by atoms with Crippen molar-refractivity contribution in [3.63, 3.8) is 0 Å². The summed E-state index contributed by atoms with van der Waals surface area (Å²) in [4.78, 5) is 4.12. The lowest BCUT2D eigenvalue weighted by Crippen LogP contribution is -2.38. The third kappa shape index (κ3) is 3.05. The summed E-state index contributed by atoms with van der Waals surface area (Å²) >= 11 is 0. The minimum Gasteiger partial charge on any atom is -0.240 e. The highest BCUT2D eigenvalue weighted by Crippen LogP contribution is 2.36. The lowest BCUT2D eigenvalue weighted by Gasteiger charge is -2.32. The number of piperidine rings is 1. The molecule has 5 heterocycles. The van der Waals surface area contributed by atoms with E-state index in [9.17, 15) is 17.2 Å². The first kappa shape index (κ1) is 19.1. The molecule has 4 aromatic rings. The number of hydrogen-bond donors (Lipinski definition) is 0. The van der Waals surface area contributed by atoms with Crippen LogP contribution in [0.2, 0.25) is 0 Å². The second-order valence-electron chi connectivity index (χ2n) is 7.27. The molecule has 8 nitrogen and oxygen atoms in total. The van der Waals surface area contributed by atoms with Crippen LogP contribution in [0.4, 0.5) is 8.78 Å². The van der Waals surface area contributed by atoms with Crippen molar-refractivity contribution in [3.05, 3.63) is 60.3 Å². The van der Waals surface area contributed by atoms with Crippen molar-refractivity contribution in [2.45, 2.75) is 30.1 Å². The van der Waals surface area contributed by atoms with E-state index in [0.29, 0.717) is 29.6 Å². The molecule has 0 aliphatic carbocycles. The Morgan fingerprint density at radius 1 is 1.10 bits per heavy atom. The summed E-state index contributed by atoms with van der Waals surface area (Å²) in [7, 11) is -3.73. The molecule has 30 heavy (non-hydrogen) atoms. The Balaban J connectivity index is 1.41. The van der Waals surface area contributed by atoms with E-state index < -0.39 is 16.4 Å². The molecular formula is C19H18F2N6O2S. The smallest absolute Gasteiger partial charge is 0.240 e. The molecule has 1 aliphatic rings. The van der Waals surface area contributed by atoms with Crippen LogP contribution in [0, 0.1) is 0 Å². The Morgan fingerprint density at radius 3 is 2.67 bits per heavy atom. The molecule has 0 spiro atoms. The van der Waals surface area contributed by atoms with E-state index in [2.05, 4.69) is 15.2 Å². The van der Waals surface area contributed by atoms with Crippen molar-refractivity contribution in [1.82, 2.24) is 28.5 Å². The fourth-order valence-corrected chi connectivity index (χ4v) is 5.65. The zero-order valence-corrected chi connectivity index (χ0v) is 16.6. The average Bonchev–Trinajstić information content (AvgIpc) is 3.39. The lowest BCUT2D eigenvalue weighted by atomic mass is 9.88. The molecule has 0 unspecified atom stereocenters. The molecule has 0 bridgehead atoms. The summed E-state index contributed by atoms with van der Waals surface area (Å²) in [6.45, 7) is 0.491.